The molecule has 0 aliphatic carbocycles. The van der Waals surface area contributed by atoms with Crippen molar-refractivity contribution >= 4 is 17.4 Å². The number of anilines is 2. The molecule has 2 aromatic heterocycles. The molecule has 0 saturated carbocycles. The second-order valence-electron chi connectivity index (χ2n) is 4.49. The van der Waals surface area contributed by atoms with E-state index in [4.69, 9.17) is 5.73 Å². The first-order chi connectivity index (χ1) is 8.74. The maximum absolute atomic E-state index is 5.76. The Labute approximate surface area is 107 Å². The summed E-state index contributed by atoms with van der Waals surface area (Å²) >= 11 is 0. The van der Waals surface area contributed by atoms with Crippen LogP contribution in [0.3, 0.4) is 0 Å². The highest BCUT2D eigenvalue weighted by molar-refractivity contribution is 5.61. The average molecular weight is 248 g/mol. The minimum Gasteiger partial charge on any atom is -0.381 e. The molecule has 0 unspecified atom stereocenters. The van der Waals surface area contributed by atoms with Crippen LogP contribution < -0.4 is 10.6 Å². The molecule has 0 bridgehead atoms. The predicted molar refractivity (Wildman–Crippen MR) is 72.6 cm³/mol. The summed E-state index contributed by atoms with van der Waals surface area (Å²) in [6, 6.07) is 0. The molecule has 2 aromatic rings. The van der Waals surface area contributed by atoms with E-state index in [0.717, 1.165) is 12.5 Å². The minimum absolute atomic E-state index is 0.413. The first kappa shape index (κ1) is 12.6. The molecule has 6 nitrogen and oxygen atoms in total. The van der Waals surface area contributed by atoms with Gasteiger partial charge in [-0.25, -0.2) is 4.98 Å². The Morgan fingerprint density at radius 3 is 2.89 bits per heavy atom. The maximum Gasteiger partial charge on any atom is 0.231 e. The van der Waals surface area contributed by atoms with Crippen molar-refractivity contribution in [2.24, 2.45) is 0 Å². The molecule has 0 aromatic carbocycles. The molecule has 18 heavy (non-hydrogen) atoms. The summed E-state index contributed by atoms with van der Waals surface area (Å²) in [5.41, 5.74) is 6.37. The van der Waals surface area contributed by atoms with Crippen LogP contribution in [0.4, 0.5) is 11.8 Å². The highest BCUT2D eigenvalue weighted by Gasteiger charge is 2.11. The van der Waals surface area contributed by atoms with Gasteiger partial charge in [-0.1, -0.05) is 26.2 Å². The zero-order valence-electron chi connectivity index (χ0n) is 11.0. The smallest absolute Gasteiger partial charge is 0.231 e. The second kappa shape index (κ2) is 5.66. The third kappa shape index (κ3) is 2.52. The van der Waals surface area contributed by atoms with Crippen LogP contribution in [0.25, 0.3) is 5.65 Å². The summed E-state index contributed by atoms with van der Waals surface area (Å²) < 4.78 is 1.88. The Bertz CT molecular complexity index is 506. The van der Waals surface area contributed by atoms with Crippen molar-refractivity contribution in [3.8, 4) is 0 Å². The summed E-state index contributed by atoms with van der Waals surface area (Å²) in [6.45, 7) is 3.19. The third-order valence-electron chi connectivity index (χ3n) is 3.02. The number of fused-ring (bicyclic) bond motifs is 1. The Kier molecular flexibility index (Phi) is 3.96. The van der Waals surface area contributed by atoms with Crippen molar-refractivity contribution in [3.63, 3.8) is 0 Å². The third-order valence-corrected chi connectivity index (χ3v) is 3.02. The lowest BCUT2D eigenvalue weighted by molar-refractivity contribution is 0.655. The molecule has 0 spiro atoms. The Hall–Kier alpha value is -1.85. The van der Waals surface area contributed by atoms with Crippen LogP contribution in [0.5, 0.6) is 0 Å². The van der Waals surface area contributed by atoms with E-state index >= 15 is 0 Å². The van der Waals surface area contributed by atoms with E-state index in [1.54, 1.807) is 6.20 Å². The van der Waals surface area contributed by atoms with E-state index in [2.05, 4.69) is 27.0 Å². The molecule has 2 N–H and O–H groups in total. The minimum atomic E-state index is 0.413. The molecular formula is C12H20N6. The van der Waals surface area contributed by atoms with Crippen LogP contribution in [0.2, 0.25) is 0 Å². The van der Waals surface area contributed by atoms with Gasteiger partial charge in [-0.15, -0.1) is 10.2 Å². The molecule has 0 aliphatic heterocycles. The van der Waals surface area contributed by atoms with Gasteiger partial charge in [0, 0.05) is 26.0 Å². The number of hydrogen-bond acceptors (Lipinski definition) is 5. The van der Waals surface area contributed by atoms with Gasteiger partial charge in [0.15, 0.2) is 5.82 Å². The molecule has 0 amide bonds. The summed E-state index contributed by atoms with van der Waals surface area (Å²) in [7, 11) is 2.03. The van der Waals surface area contributed by atoms with Crippen molar-refractivity contribution in [1.82, 2.24) is 19.6 Å². The number of nitrogens with two attached hydrogens (primary N) is 1. The number of aromatic nitrogens is 4. The maximum atomic E-state index is 5.76. The fourth-order valence-electron chi connectivity index (χ4n) is 1.97. The Balaban J connectivity index is 2.08. The van der Waals surface area contributed by atoms with Crippen LogP contribution >= 0.6 is 0 Å². The van der Waals surface area contributed by atoms with E-state index in [1.807, 2.05) is 17.6 Å². The fourth-order valence-corrected chi connectivity index (χ4v) is 1.97. The molecule has 0 aliphatic rings. The molecule has 0 fully saturated rings. The topological polar surface area (TPSA) is 72.3 Å². The molecule has 0 atom stereocenters. The van der Waals surface area contributed by atoms with Crippen molar-refractivity contribution < 1.29 is 0 Å². The number of rotatable bonds is 6. The first-order valence-corrected chi connectivity index (χ1v) is 6.40. The van der Waals surface area contributed by atoms with Crippen molar-refractivity contribution in [2.45, 2.75) is 32.6 Å². The Morgan fingerprint density at radius 1 is 1.28 bits per heavy atom. The van der Waals surface area contributed by atoms with Gasteiger partial charge in [-0.2, -0.15) is 0 Å². The zero-order chi connectivity index (χ0) is 13.0. The van der Waals surface area contributed by atoms with E-state index in [-0.39, 0.29) is 0 Å². The summed E-state index contributed by atoms with van der Waals surface area (Å²) in [4.78, 5) is 6.11. The van der Waals surface area contributed by atoms with E-state index < -0.39 is 0 Å². The fraction of sp³-hybridized carbons (Fsp3) is 0.583. The van der Waals surface area contributed by atoms with Gasteiger partial charge in [0.2, 0.25) is 11.6 Å². The van der Waals surface area contributed by atoms with Gasteiger partial charge in [-0.3, -0.25) is 4.40 Å². The zero-order valence-corrected chi connectivity index (χ0v) is 11.0. The van der Waals surface area contributed by atoms with Crippen molar-refractivity contribution in [2.75, 3.05) is 24.2 Å². The molecule has 98 valence electrons. The summed E-state index contributed by atoms with van der Waals surface area (Å²) in [5.74, 6) is 1.23. The van der Waals surface area contributed by atoms with Crippen LogP contribution in [0.15, 0.2) is 12.4 Å². The highest BCUT2D eigenvalue weighted by Crippen LogP contribution is 2.15. The van der Waals surface area contributed by atoms with E-state index in [0.29, 0.717) is 11.5 Å². The molecule has 0 saturated heterocycles. The molecule has 0 radical (unpaired) electrons. The largest absolute Gasteiger partial charge is 0.381 e. The van der Waals surface area contributed by atoms with Gasteiger partial charge >= 0.3 is 0 Å². The number of nitrogens with zero attached hydrogens (tertiary/aromatic N) is 5. The first-order valence-electron chi connectivity index (χ1n) is 6.40. The van der Waals surface area contributed by atoms with Crippen LogP contribution in [0.1, 0.15) is 32.6 Å². The lowest BCUT2D eigenvalue weighted by Gasteiger charge is -2.16. The second-order valence-corrected chi connectivity index (χ2v) is 4.49. The van der Waals surface area contributed by atoms with Gasteiger partial charge in [-0.05, 0) is 6.42 Å². The average Bonchev–Trinajstić information content (AvgIpc) is 2.80. The SMILES string of the molecule is CCCCCCN(C)c1nnc2c(N)nccn12. The monoisotopic (exact) mass is 248 g/mol. The van der Waals surface area contributed by atoms with Gasteiger partial charge < -0.3 is 10.6 Å². The van der Waals surface area contributed by atoms with Crippen molar-refractivity contribution in [1.29, 1.82) is 0 Å². The van der Waals surface area contributed by atoms with Gasteiger partial charge in [0.25, 0.3) is 0 Å². The summed E-state index contributed by atoms with van der Waals surface area (Å²) in [5, 5.41) is 8.24. The molecular weight excluding hydrogens is 228 g/mol. The highest BCUT2D eigenvalue weighted by atomic mass is 15.4. The van der Waals surface area contributed by atoms with Crippen LogP contribution in [-0.4, -0.2) is 33.2 Å². The van der Waals surface area contributed by atoms with Crippen LogP contribution in [-0.2, 0) is 0 Å². The van der Waals surface area contributed by atoms with Gasteiger partial charge in [0.1, 0.15) is 0 Å². The standard InChI is InChI=1S/C12H20N6/c1-3-4-5-6-8-17(2)12-16-15-11-10(13)14-7-9-18(11)12/h7,9H,3-6,8H2,1-2H3,(H2,13,14). The van der Waals surface area contributed by atoms with E-state index in [1.165, 1.54) is 25.7 Å². The van der Waals surface area contributed by atoms with Gasteiger partial charge in [0.05, 0.1) is 0 Å². The predicted octanol–water partition coefficient (Wildman–Crippen LogP) is 1.72. The lowest BCUT2D eigenvalue weighted by atomic mass is 10.2. The quantitative estimate of drug-likeness (QED) is 0.788. The number of hydrogen-bond donors (Lipinski definition) is 1. The van der Waals surface area contributed by atoms with Crippen LogP contribution in [0, 0.1) is 0 Å². The lowest BCUT2D eigenvalue weighted by Crippen LogP contribution is -2.21. The van der Waals surface area contributed by atoms with E-state index in [9.17, 15) is 0 Å². The van der Waals surface area contributed by atoms with Crippen molar-refractivity contribution in [3.05, 3.63) is 12.4 Å². The molecule has 2 heterocycles. The molecule has 2 rings (SSSR count). The normalized spacial score (nSPS) is 11.0. The number of unbranched alkanes of at least 4 members (excludes halogenated alkanes) is 3. The summed E-state index contributed by atoms with van der Waals surface area (Å²) in [6.07, 6.45) is 8.45. The Morgan fingerprint density at radius 2 is 2.11 bits per heavy atom. The molecule has 6 heteroatoms. The number of nitrogen functional groups attached to an aromatic ring is 1.